The average Bonchev–Trinajstić information content (AvgIpc) is 2.98. The first-order valence-corrected chi connectivity index (χ1v) is 8.66. The van der Waals surface area contributed by atoms with Gasteiger partial charge in [0.25, 0.3) is 0 Å². The number of hydrogen-bond acceptors (Lipinski definition) is 3. The van der Waals surface area contributed by atoms with E-state index >= 15 is 0 Å². The Balaban J connectivity index is 1.88. The van der Waals surface area contributed by atoms with E-state index in [2.05, 4.69) is 48.1 Å². The minimum Gasteiger partial charge on any atom is -0.283 e. The second-order valence-corrected chi connectivity index (χ2v) is 6.37. The maximum Gasteiger partial charge on any atom is 0.183 e. The third kappa shape index (κ3) is 3.53. The summed E-state index contributed by atoms with van der Waals surface area (Å²) in [5, 5.41) is 8.93. The molecular weight excluding hydrogens is 296 g/mol. The molecule has 0 saturated heterocycles. The Hall–Kier alpha value is -2.49. The minimum atomic E-state index is 0.301. The SMILES string of the molecule is CCCCc1ccc(N=Nc2c(C(C)C)nc3ccccn23)cc1. The Kier molecular flexibility index (Phi) is 5.04. The standard InChI is InChI=1S/C20H24N4/c1-4-5-8-16-10-12-17(13-11-16)22-23-20-19(15(2)3)21-18-9-6-7-14-24(18)20/h6-7,9-15H,4-5,8H2,1-3H3. The lowest BCUT2D eigenvalue weighted by atomic mass is 10.1. The molecule has 0 radical (unpaired) electrons. The van der Waals surface area contributed by atoms with E-state index in [1.165, 1.54) is 18.4 Å². The Morgan fingerprint density at radius 1 is 1.04 bits per heavy atom. The van der Waals surface area contributed by atoms with Gasteiger partial charge in [-0.1, -0.05) is 45.4 Å². The number of nitrogens with zero attached hydrogens (tertiary/aromatic N) is 4. The molecule has 4 heteroatoms. The number of rotatable bonds is 6. The highest BCUT2D eigenvalue weighted by Gasteiger charge is 2.14. The molecule has 0 atom stereocenters. The van der Waals surface area contributed by atoms with Crippen molar-refractivity contribution in [3.05, 3.63) is 59.9 Å². The van der Waals surface area contributed by atoms with Crippen LogP contribution in [0.15, 0.2) is 58.9 Å². The van der Waals surface area contributed by atoms with Crippen molar-refractivity contribution >= 4 is 17.2 Å². The van der Waals surface area contributed by atoms with Crippen molar-refractivity contribution in [1.29, 1.82) is 0 Å². The lowest BCUT2D eigenvalue weighted by Gasteiger charge is -2.02. The molecule has 0 spiro atoms. The van der Waals surface area contributed by atoms with Crippen LogP contribution in [-0.2, 0) is 6.42 Å². The molecule has 0 fully saturated rings. The van der Waals surface area contributed by atoms with Crippen LogP contribution in [0.25, 0.3) is 5.65 Å². The van der Waals surface area contributed by atoms with Crippen LogP contribution in [0, 0.1) is 0 Å². The first kappa shape index (κ1) is 16.4. The van der Waals surface area contributed by atoms with Gasteiger partial charge in [-0.25, -0.2) is 4.98 Å². The number of unbranched alkanes of at least 4 members (excludes halogenated alkanes) is 1. The van der Waals surface area contributed by atoms with Gasteiger partial charge in [-0.15, -0.1) is 10.2 Å². The van der Waals surface area contributed by atoms with Gasteiger partial charge in [0.1, 0.15) is 5.65 Å². The van der Waals surface area contributed by atoms with Crippen molar-refractivity contribution in [2.24, 2.45) is 10.2 Å². The Bertz CT molecular complexity index is 828. The minimum absolute atomic E-state index is 0.301. The van der Waals surface area contributed by atoms with E-state index < -0.39 is 0 Å². The molecule has 4 nitrogen and oxygen atoms in total. The van der Waals surface area contributed by atoms with Gasteiger partial charge in [-0.05, 0) is 48.6 Å². The van der Waals surface area contributed by atoms with Crippen molar-refractivity contribution in [3.8, 4) is 0 Å². The number of fused-ring (bicyclic) bond motifs is 1. The highest BCUT2D eigenvalue weighted by Crippen LogP contribution is 2.29. The van der Waals surface area contributed by atoms with E-state index in [9.17, 15) is 0 Å². The van der Waals surface area contributed by atoms with Crippen molar-refractivity contribution in [1.82, 2.24) is 9.38 Å². The van der Waals surface area contributed by atoms with E-state index in [1.54, 1.807) is 0 Å². The zero-order valence-corrected chi connectivity index (χ0v) is 14.6. The maximum absolute atomic E-state index is 4.68. The van der Waals surface area contributed by atoms with Crippen LogP contribution in [0.2, 0.25) is 0 Å². The summed E-state index contributed by atoms with van der Waals surface area (Å²) in [5.41, 5.74) is 4.11. The van der Waals surface area contributed by atoms with Crippen LogP contribution in [0.4, 0.5) is 11.5 Å². The smallest absolute Gasteiger partial charge is 0.183 e. The lowest BCUT2D eigenvalue weighted by molar-refractivity contribution is 0.795. The predicted molar refractivity (Wildman–Crippen MR) is 98.5 cm³/mol. The number of aryl methyl sites for hydroxylation is 1. The Morgan fingerprint density at radius 3 is 2.54 bits per heavy atom. The first-order valence-electron chi connectivity index (χ1n) is 8.66. The zero-order valence-electron chi connectivity index (χ0n) is 14.6. The predicted octanol–water partition coefficient (Wildman–Crippen LogP) is 6.22. The van der Waals surface area contributed by atoms with E-state index in [1.807, 2.05) is 40.9 Å². The topological polar surface area (TPSA) is 42.0 Å². The maximum atomic E-state index is 4.68. The molecule has 0 saturated carbocycles. The summed E-state index contributed by atoms with van der Waals surface area (Å²) in [6.07, 6.45) is 5.54. The molecular formula is C20H24N4. The highest BCUT2D eigenvalue weighted by atomic mass is 15.2. The summed E-state index contributed by atoms with van der Waals surface area (Å²) in [4.78, 5) is 4.68. The summed E-state index contributed by atoms with van der Waals surface area (Å²) in [6.45, 7) is 6.47. The van der Waals surface area contributed by atoms with E-state index in [0.717, 1.165) is 29.3 Å². The number of imidazole rings is 1. The average molecular weight is 320 g/mol. The van der Waals surface area contributed by atoms with Crippen LogP contribution in [0.3, 0.4) is 0 Å². The highest BCUT2D eigenvalue weighted by molar-refractivity contribution is 5.53. The Labute approximate surface area is 143 Å². The van der Waals surface area contributed by atoms with Gasteiger partial charge in [0.15, 0.2) is 5.82 Å². The fourth-order valence-electron chi connectivity index (χ4n) is 2.70. The van der Waals surface area contributed by atoms with Crippen LogP contribution in [0.5, 0.6) is 0 Å². The lowest BCUT2D eigenvalue weighted by Crippen LogP contribution is -1.87. The largest absolute Gasteiger partial charge is 0.283 e. The molecule has 0 aliphatic carbocycles. The van der Waals surface area contributed by atoms with Crippen LogP contribution >= 0.6 is 0 Å². The normalized spacial score (nSPS) is 11.8. The molecule has 2 aromatic heterocycles. The van der Waals surface area contributed by atoms with Gasteiger partial charge >= 0.3 is 0 Å². The molecule has 24 heavy (non-hydrogen) atoms. The molecule has 3 rings (SSSR count). The van der Waals surface area contributed by atoms with Gasteiger partial charge in [0.05, 0.1) is 11.4 Å². The quantitative estimate of drug-likeness (QED) is 0.497. The van der Waals surface area contributed by atoms with Gasteiger partial charge < -0.3 is 0 Å². The van der Waals surface area contributed by atoms with E-state index in [0.29, 0.717) is 5.92 Å². The summed E-state index contributed by atoms with van der Waals surface area (Å²) in [5.74, 6) is 1.12. The van der Waals surface area contributed by atoms with Crippen LogP contribution in [-0.4, -0.2) is 9.38 Å². The fourth-order valence-corrected chi connectivity index (χ4v) is 2.70. The molecule has 0 bridgehead atoms. The molecule has 0 N–H and O–H groups in total. The molecule has 2 heterocycles. The number of benzene rings is 1. The number of hydrogen-bond donors (Lipinski definition) is 0. The molecule has 124 valence electrons. The molecule has 0 aliphatic rings. The summed E-state index contributed by atoms with van der Waals surface area (Å²) in [7, 11) is 0. The second kappa shape index (κ2) is 7.39. The van der Waals surface area contributed by atoms with Gasteiger partial charge in [0, 0.05) is 6.20 Å². The van der Waals surface area contributed by atoms with Gasteiger partial charge in [-0.3, -0.25) is 4.40 Å². The number of aromatic nitrogens is 2. The Morgan fingerprint density at radius 2 is 1.83 bits per heavy atom. The van der Waals surface area contributed by atoms with Crippen molar-refractivity contribution in [2.45, 2.75) is 46.0 Å². The van der Waals surface area contributed by atoms with E-state index in [4.69, 9.17) is 0 Å². The van der Waals surface area contributed by atoms with Gasteiger partial charge in [0.2, 0.25) is 0 Å². The van der Waals surface area contributed by atoms with E-state index in [-0.39, 0.29) is 0 Å². The monoisotopic (exact) mass is 320 g/mol. The van der Waals surface area contributed by atoms with Crippen molar-refractivity contribution < 1.29 is 0 Å². The summed E-state index contributed by atoms with van der Waals surface area (Å²) >= 11 is 0. The first-order chi connectivity index (χ1) is 11.7. The summed E-state index contributed by atoms with van der Waals surface area (Å²) < 4.78 is 1.99. The molecule has 0 aliphatic heterocycles. The van der Waals surface area contributed by atoms with Gasteiger partial charge in [-0.2, -0.15) is 0 Å². The van der Waals surface area contributed by atoms with Crippen LogP contribution < -0.4 is 0 Å². The zero-order chi connectivity index (χ0) is 16.9. The number of pyridine rings is 1. The third-order valence-corrected chi connectivity index (χ3v) is 4.09. The molecule has 1 aromatic carbocycles. The molecule has 3 aromatic rings. The molecule has 0 amide bonds. The van der Waals surface area contributed by atoms with Crippen molar-refractivity contribution in [3.63, 3.8) is 0 Å². The number of azo groups is 1. The van der Waals surface area contributed by atoms with Crippen molar-refractivity contribution in [2.75, 3.05) is 0 Å². The third-order valence-electron chi connectivity index (χ3n) is 4.09. The summed E-state index contributed by atoms with van der Waals surface area (Å²) in [6, 6.07) is 14.3. The fraction of sp³-hybridized carbons (Fsp3) is 0.350. The molecule has 0 unspecified atom stereocenters. The van der Waals surface area contributed by atoms with Crippen LogP contribution in [0.1, 0.15) is 50.8 Å². The second-order valence-electron chi connectivity index (χ2n) is 6.37.